The molecule has 1 aromatic heterocycles. The lowest BCUT2D eigenvalue weighted by Crippen LogP contribution is -2.33. The van der Waals surface area contributed by atoms with Crippen molar-refractivity contribution in [3.63, 3.8) is 0 Å². The molecule has 1 unspecified atom stereocenters. The second kappa shape index (κ2) is 8.29. The van der Waals surface area contributed by atoms with E-state index in [0.29, 0.717) is 18.8 Å². The van der Waals surface area contributed by atoms with Gasteiger partial charge in [-0.2, -0.15) is 5.10 Å². The van der Waals surface area contributed by atoms with E-state index in [1.54, 1.807) is 29.1 Å². The number of para-hydroxylation sites is 1. The number of nitrogens with zero attached hydrogens (tertiary/aromatic N) is 2. The summed E-state index contributed by atoms with van der Waals surface area (Å²) in [6, 6.07) is 17.6. The summed E-state index contributed by atoms with van der Waals surface area (Å²) in [7, 11) is 0. The SMILES string of the molecule is CCC(Oc1ccccc1F)C(=O)Nc1ccnn1Cc1ccccc1. The van der Waals surface area contributed by atoms with Gasteiger partial charge in [0.05, 0.1) is 12.7 Å². The Hall–Kier alpha value is -3.15. The second-order valence-corrected chi connectivity index (χ2v) is 5.79. The summed E-state index contributed by atoms with van der Waals surface area (Å²) in [5.41, 5.74) is 1.07. The maximum absolute atomic E-state index is 13.8. The molecule has 0 saturated heterocycles. The minimum absolute atomic E-state index is 0.0623. The maximum atomic E-state index is 13.8. The Labute approximate surface area is 151 Å². The summed E-state index contributed by atoms with van der Waals surface area (Å²) in [4.78, 5) is 12.6. The molecule has 26 heavy (non-hydrogen) atoms. The van der Waals surface area contributed by atoms with Gasteiger partial charge in [-0.25, -0.2) is 9.07 Å². The molecule has 1 atom stereocenters. The molecule has 5 nitrogen and oxygen atoms in total. The van der Waals surface area contributed by atoms with Crippen molar-refractivity contribution >= 4 is 11.7 Å². The van der Waals surface area contributed by atoms with E-state index in [2.05, 4.69) is 10.4 Å². The van der Waals surface area contributed by atoms with Crippen LogP contribution in [0.5, 0.6) is 5.75 Å². The van der Waals surface area contributed by atoms with Gasteiger partial charge >= 0.3 is 0 Å². The van der Waals surface area contributed by atoms with Gasteiger partial charge in [0.15, 0.2) is 17.7 Å². The molecule has 2 aromatic carbocycles. The summed E-state index contributed by atoms with van der Waals surface area (Å²) in [5, 5.41) is 7.06. The van der Waals surface area contributed by atoms with Crippen LogP contribution >= 0.6 is 0 Å². The molecule has 0 saturated carbocycles. The molecule has 0 spiro atoms. The maximum Gasteiger partial charge on any atom is 0.266 e. The zero-order valence-electron chi connectivity index (χ0n) is 14.4. The van der Waals surface area contributed by atoms with Crippen molar-refractivity contribution in [2.24, 2.45) is 0 Å². The first-order chi connectivity index (χ1) is 12.7. The van der Waals surface area contributed by atoms with Gasteiger partial charge in [0, 0.05) is 6.07 Å². The van der Waals surface area contributed by atoms with Crippen LogP contribution in [-0.4, -0.2) is 21.8 Å². The van der Waals surface area contributed by atoms with Crippen molar-refractivity contribution in [2.75, 3.05) is 5.32 Å². The third kappa shape index (κ3) is 4.27. The Balaban J connectivity index is 1.69. The van der Waals surface area contributed by atoms with Gasteiger partial charge in [0.25, 0.3) is 5.91 Å². The molecular weight excluding hydrogens is 333 g/mol. The number of aromatic nitrogens is 2. The van der Waals surface area contributed by atoms with Crippen LogP contribution in [0.3, 0.4) is 0 Å². The Kier molecular flexibility index (Phi) is 5.63. The number of carbonyl (C=O) groups excluding carboxylic acids is 1. The summed E-state index contributed by atoms with van der Waals surface area (Å²) in [5.74, 6) is -0.208. The highest BCUT2D eigenvalue weighted by Gasteiger charge is 2.21. The molecule has 0 aliphatic rings. The van der Waals surface area contributed by atoms with Gasteiger partial charge in [-0.15, -0.1) is 0 Å². The van der Waals surface area contributed by atoms with Crippen molar-refractivity contribution < 1.29 is 13.9 Å². The van der Waals surface area contributed by atoms with Gasteiger partial charge in [-0.05, 0) is 24.1 Å². The van der Waals surface area contributed by atoms with Crippen LogP contribution in [0, 0.1) is 5.82 Å². The molecule has 1 N–H and O–H groups in total. The number of benzene rings is 2. The first kappa shape index (κ1) is 17.7. The summed E-state index contributed by atoms with van der Waals surface area (Å²) < 4.78 is 21.0. The molecule has 0 bridgehead atoms. The smallest absolute Gasteiger partial charge is 0.266 e. The third-order valence-electron chi connectivity index (χ3n) is 3.91. The van der Waals surface area contributed by atoms with E-state index in [-0.39, 0.29) is 11.7 Å². The fourth-order valence-electron chi connectivity index (χ4n) is 2.54. The molecule has 0 aliphatic heterocycles. The quantitative estimate of drug-likeness (QED) is 0.702. The molecule has 1 amide bonds. The number of nitrogens with one attached hydrogen (secondary N) is 1. The van der Waals surface area contributed by atoms with Crippen LogP contribution in [0.2, 0.25) is 0 Å². The number of halogens is 1. The van der Waals surface area contributed by atoms with Crippen LogP contribution in [0.4, 0.5) is 10.2 Å². The van der Waals surface area contributed by atoms with E-state index in [1.165, 1.54) is 12.1 Å². The Morgan fingerprint density at radius 1 is 1.15 bits per heavy atom. The van der Waals surface area contributed by atoms with Crippen molar-refractivity contribution in [1.82, 2.24) is 9.78 Å². The lowest BCUT2D eigenvalue weighted by atomic mass is 10.2. The van der Waals surface area contributed by atoms with E-state index in [0.717, 1.165) is 5.56 Å². The monoisotopic (exact) mass is 353 g/mol. The van der Waals surface area contributed by atoms with E-state index in [4.69, 9.17) is 4.74 Å². The zero-order valence-corrected chi connectivity index (χ0v) is 14.4. The number of rotatable bonds is 7. The Morgan fingerprint density at radius 2 is 1.88 bits per heavy atom. The fourth-order valence-corrected chi connectivity index (χ4v) is 2.54. The zero-order chi connectivity index (χ0) is 18.4. The first-order valence-corrected chi connectivity index (χ1v) is 8.45. The minimum atomic E-state index is -0.799. The van der Waals surface area contributed by atoms with Crippen LogP contribution in [0.1, 0.15) is 18.9 Å². The number of ether oxygens (including phenoxy) is 1. The van der Waals surface area contributed by atoms with Gasteiger partial charge in [-0.1, -0.05) is 49.4 Å². The van der Waals surface area contributed by atoms with Crippen LogP contribution in [0.25, 0.3) is 0 Å². The highest BCUT2D eigenvalue weighted by atomic mass is 19.1. The largest absolute Gasteiger partial charge is 0.478 e. The van der Waals surface area contributed by atoms with Crippen molar-refractivity contribution in [3.8, 4) is 5.75 Å². The molecule has 3 rings (SSSR count). The summed E-state index contributed by atoms with van der Waals surface area (Å²) in [6.07, 6.45) is 1.23. The topological polar surface area (TPSA) is 56.1 Å². The summed E-state index contributed by atoms with van der Waals surface area (Å²) in [6.45, 7) is 2.35. The average Bonchev–Trinajstić information content (AvgIpc) is 3.08. The molecule has 0 aliphatic carbocycles. The average molecular weight is 353 g/mol. The lowest BCUT2D eigenvalue weighted by Gasteiger charge is -2.18. The van der Waals surface area contributed by atoms with Gasteiger partial charge in [0.1, 0.15) is 5.82 Å². The molecular formula is C20H20FN3O2. The number of hydrogen-bond donors (Lipinski definition) is 1. The van der Waals surface area contributed by atoms with E-state index in [1.807, 2.05) is 37.3 Å². The van der Waals surface area contributed by atoms with Crippen LogP contribution in [0.15, 0.2) is 66.9 Å². The van der Waals surface area contributed by atoms with Gasteiger partial charge in [0.2, 0.25) is 0 Å². The molecule has 3 aromatic rings. The number of anilines is 1. The summed E-state index contributed by atoms with van der Waals surface area (Å²) >= 11 is 0. The van der Waals surface area contributed by atoms with Crippen LogP contribution in [-0.2, 0) is 11.3 Å². The minimum Gasteiger partial charge on any atom is -0.478 e. The fraction of sp³-hybridized carbons (Fsp3) is 0.200. The Morgan fingerprint density at radius 3 is 2.62 bits per heavy atom. The standard InChI is InChI=1S/C20H20FN3O2/c1-2-17(26-18-11-7-6-10-16(18)21)20(25)23-19-12-13-22-24(19)14-15-8-4-3-5-9-15/h3-13,17H,2,14H2,1H3,(H,23,25). The predicted octanol–water partition coefficient (Wildman–Crippen LogP) is 3.87. The number of hydrogen-bond acceptors (Lipinski definition) is 3. The van der Waals surface area contributed by atoms with E-state index >= 15 is 0 Å². The lowest BCUT2D eigenvalue weighted by molar-refractivity contribution is -0.123. The molecule has 1 heterocycles. The molecule has 6 heteroatoms. The number of amides is 1. The van der Waals surface area contributed by atoms with Gasteiger partial charge in [-0.3, -0.25) is 4.79 Å². The molecule has 0 fully saturated rings. The third-order valence-corrected chi connectivity index (χ3v) is 3.91. The predicted molar refractivity (Wildman–Crippen MR) is 97.5 cm³/mol. The molecule has 134 valence electrons. The number of carbonyl (C=O) groups is 1. The van der Waals surface area contributed by atoms with Crippen molar-refractivity contribution in [2.45, 2.75) is 26.0 Å². The first-order valence-electron chi connectivity index (χ1n) is 8.45. The Bertz CT molecular complexity index is 864. The van der Waals surface area contributed by atoms with Gasteiger partial charge < -0.3 is 10.1 Å². The van der Waals surface area contributed by atoms with Crippen molar-refractivity contribution in [3.05, 3.63) is 78.2 Å². The highest BCUT2D eigenvalue weighted by Crippen LogP contribution is 2.19. The van der Waals surface area contributed by atoms with E-state index < -0.39 is 11.9 Å². The normalized spacial score (nSPS) is 11.8. The van der Waals surface area contributed by atoms with Crippen LogP contribution < -0.4 is 10.1 Å². The highest BCUT2D eigenvalue weighted by molar-refractivity contribution is 5.93. The van der Waals surface area contributed by atoms with Crippen molar-refractivity contribution in [1.29, 1.82) is 0 Å². The molecule has 0 radical (unpaired) electrons. The second-order valence-electron chi connectivity index (χ2n) is 5.79. The van der Waals surface area contributed by atoms with E-state index in [9.17, 15) is 9.18 Å².